The number of nitrogens with zero attached hydrogens (tertiary/aromatic N) is 2. The number of aromatic carboxylic acids is 1. The first kappa shape index (κ1) is 10.4. The molecule has 0 aliphatic heterocycles. The summed E-state index contributed by atoms with van der Waals surface area (Å²) in [5, 5.41) is 27.3. The Kier molecular flexibility index (Phi) is 3.81. The SMILES string of the molecule is O=C(O)c1ccnnc1NCCCO. The minimum Gasteiger partial charge on any atom is -0.478 e. The van der Waals surface area contributed by atoms with Crippen molar-refractivity contribution in [2.24, 2.45) is 0 Å². The molecule has 0 atom stereocenters. The van der Waals surface area contributed by atoms with Crippen molar-refractivity contribution >= 4 is 11.8 Å². The van der Waals surface area contributed by atoms with E-state index in [-0.39, 0.29) is 18.0 Å². The Morgan fingerprint density at radius 1 is 1.57 bits per heavy atom. The zero-order valence-corrected chi connectivity index (χ0v) is 7.47. The molecule has 0 saturated carbocycles. The maximum absolute atomic E-state index is 10.7. The van der Waals surface area contributed by atoms with Crippen LogP contribution in [0.1, 0.15) is 16.8 Å². The second-order valence-electron chi connectivity index (χ2n) is 2.60. The Morgan fingerprint density at radius 2 is 2.36 bits per heavy atom. The minimum absolute atomic E-state index is 0.0513. The highest BCUT2D eigenvalue weighted by Crippen LogP contribution is 2.09. The highest BCUT2D eigenvalue weighted by atomic mass is 16.4. The molecule has 1 heterocycles. The van der Waals surface area contributed by atoms with Gasteiger partial charge in [-0.05, 0) is 12.5 Å². The first-order chi connectivity index (χ1) is 6.75. The Bertz CT molecular complexity index is 316. The van der Waals surface area contributed by atoms with Crippen LogP contribution in [0.4, 0.5) is 5.82 Å². The van der Waals surface area contributed by atoms with E-state index >= 15 is 0 Å². The number of aliphatic hydroxyl groups is 1. The summed E-state index contributed by atoms with van der Waals surface area (Å²) in [5.74, 6) is -0.820. The van der Waals surface area contributed by atoms with Crippen LogP contribution in [0.5, 0.6) is 0 Å². The molecule has 0 saturated heterocycles. The van der Waals surface area contributed by atoms with Crippen LogP contribution < -0.4 is 5.32 Å². The number of aromatic nitrogens is 2. The first-order valence-corrected chi connectivity index (χ1v) is 4.15. The molecule has 1 rings (SSSR count). The van der Waals surface area contributed by atoms with Gasteiger partial charge in [0.05, 0.1) is 6.20 Å². The largest absolute Gasteiger partial charge is 0.478 e. The van der Waals surface area contributed by atoms with Gasteiger partial charge in [-0.1, -0.05) is 0 Å². The minimum atomic E-state index is -1.05. The summed E-state index contributed by atoms with van der Waals surface area (Å²) in [6, 6.07) is 1.37. The average molecular weight is 197 g/mol. The zero-order chi connectivity index (χ0) is 10.4. The normalized spacial score (nSPS) is 9.79. The predicted octanol–water partition coefficient (Wildman–Crippen LogP) is -0.0309. The van der Waals surface area contributed by atoms with Gasteiger partial charge >= 0.3 is 5.97 Å². The average Bonchev–Trinajstić information content (AvgIpc) is 2.19. The van der Waals surface area contributed by atoms with Crippen LogP contribution in [0.25, 0.3) is 0 Å². The second-order valence-corrected chi connectivity index (χ2v) is 2.60. The maximum Gasteiger partial charge on any atom is 0.339 e. The molecule has 14 heavy (non-hydrogen) atoms. The molecule has 0 aliphatic carbocycles. The highest BCUT2D eigenvalue weighted by Gasteiger charge is 2.09. The molecule has 0 bridgehead atoms. The number of rotatable bonds is 5. The van der Waals surface area contributed by atoms with Crippen LogP contribution in [0.3, 0.4) is 0 Å². The van der Waals surface area contributed by atoms with Crippen molar-refractivity contribution in [2.45, 2.75) is 6.42 Å². The van der Waals surface area contributed by atoms with Gasteiger partial charge < -0.3 is 15.5 Å². The van der Waals surface area contributed by atoms with Gasteiger partial charge in [-0.2, -0.15) is 5.10 Å². The van der Waals surface area contributed by atoms with Crippen molar-refractivity contribution in [3.8, 4) is 0 Å². The molecule has 76 valence electrons. The quantitative estimate of drug-likeness (QED) is 0.574. The van der Waals surface area contributed by atoms with Crippen molar-refractivity contribution in [2.75, 3.05) is 18.5 Å². The van der Waals surface area contributed by atoms with Crippen LogP contribution in [0.15, 0.2) is 12.3 Å². The maximum atomic E-state index is 10.7. The number of anilines is 1. The molecule has 0 aromatic carbocycles. The third kappa shape index (κ3) is 2.67. The van der Waals surface area contributed by atoms with Crippen LogP contribution in [-0.4, -0.2) is 39.5 Å². The number of hydrogen-bond acceptors (Lipinski definition) is 5. The number of carboxylic acids is 1. The van der Waals surface area contributed by atoms with Crippen molar-refractivity contribution < 1.29 is 15.0 Å². The molecule has 6 nitrogen and oxygen atoms in total. The predicted molar refractivity (Wildman–Crippen MR) is 49.2 cm³/mol. The van der Waals surface area contributed by atoms with E-state index < -0.39 is 5.97 Å². The number of nitrogens with one attached hydrogen (secondary N) is 1. The molecule has 1 aromatic rings. The van der Waals surface area contributed by atoms with E-state index in [0.717, 1.165) is 0 Å². The first-order valence-electron chi connectivity index (χ1n) is 4.15. The molecule has 0 radical (unpaired) electrons. The van der Waals surface area contributed by atoms with Gasteiger partial charge in [-0.3, -0.25) is 0 Å². The van der Waals surface area contributed by atoms with E-state index in [4.69, 9.17) is 10.2 Å². The Morgan fingerprint density at radius 3 is 3.00 bits per heavy atom. The monoisotopic (exact) mass is 197 g/mol. The molecular formula is C8H11N3O3. The van der Waals surface area contributed by atoms with Crippen molar-refractivity contribution in [1.29, 1.82) is 0 Å². The molecule has 6 heteroatoms. The Hall–Kier alpha value is -1.69. The van der Waals surface area contributed by atoms with Crippen molar-refractivity contribution in [1.82, 2.24) is 10.2 Å². The third-order valence-corrected chi connectivity index (χ3v) is 1.58. The van der Waals surface area contributed by atoms with Crippen LogP contribution in [0, 0.1) is 0 Å². The lowest BCUT2D eigenvalue weighted by molar-refractivity contribution is 0.0697. The van der Waals surface area contributed by atoms with Gasteiger partial charge in [0.25, 0.3) is 0 Å². The summed E-state index contributed by atoms with van der Waals surface area (Å²) in [5.41, 5.74) is 0.0814. The summed E-state index contributed by atoms with van der Waals surface area (Å²) in [4.78, 5) is 10.7. The second kappa shape index (κ2) is 5.13. The van der Waals surface area contributed by atoms with Gasteiger partial charge in [0.15, 0.2) is 5.82 Å². The molecule has 3 N–H and O–H groups in total. The van der Waals surface area contributed by atoms with E-state index in [1.165, 1.54) is 12.3 Å². The van der Waals surface area contributed by atoms with Crippen molar-refractivity contribution in [3.63, 3.8) is 0 Å². The third-order valence-electron chi connectivity index (χ3n) is 1.58. The van der Waals surface area contributed by atoms with E-state index in [1.807, 2.05) is 0 Å². The summed E-state index contributed by atoms with van der Waals surface area (Å²) in [7, 11) is 0. The lowest BCUT2D eigenvalue weighted by Crippen LogP contribution is -2.11. The summed E-state index contributed by atoms with van der Waals surface area (Å²) in [6.45, 7) is 0.519. The molecule has 0 amide bonds. The van der Waals surface area contributed by atoms with Gasteiger partial charge in [-0.25, -0.2) is 4.79 Å². The van der Waals surface area contributed by atoms with E-state index in [0.29, 0.717) is 13.0 Å². The lowest BCUT2D eigenvalue weighted by Gasteiger charge is -2.05. The van der Waals surface area contributed by atoms with Gasteiger partial charge in [0, 0.05) is 13.2 Å². The fourth-order valence-electron chi connectivity index (χ4n) is 0.921. The number of aliphatic hydroxyl groups excluding tert-OH is 1. The summed E-state index contributed by atoms with van der Waals surface area (Å²) >= 11 is 0. The fraction of sp³-hybridized carbons (Fsp3) is 0.375. The standard InChI is InChI=1S/C8H11N3O3/c12-5-1-3-9-7-6(8(13)14)2-4-10-11-7/h2,4,12H,1,3,5H2,(H,9,11)(H,13,14). The lowest BCUT2D eigenvalue weighted by atomic mass is 10.3. The van der Waals surface area contributed by atoms with Crippen LogP contribution >= 0.6 is 0 Å². The van der Waals surface area contributed by atoms with Crippen LogP contribution in [-0.2, 0) is 0 Å². The number of carboxylic acid groups (broad SMARTS) is 1. The Labute approximate surface area is 80.6 Å². The number of carbonyl (C=O) groups is 1. The zero-order valence-electron chi connectivity index (χ0n) is 7.47. The molecule has 0 unspecified atom stereocenters. The number of hydrogen-bond donors (Lipinski definition) is 3. The van der Waals surface area contributed by atoms with E-state index in [1.54, 1.807) is 0 Å². The van der Waals surface area contributed by atoms with Gasteiger partial charge in [-0.15, -0.1) is 5.10 Å². The summed E-state index contributed by atoms with van der Waals surface area (Å²) in [6.07, 6.45) is 1.86. The smallest absolute Gasteiger partial charge is 0.339 e. The molecule has 1 aromatic heterocycles. The molecule has 0 aliphatic rings. The topological polar surface area (TPSA) is 95.3 Å². The Balaban J connectivity index is 2.69. The van der Waals surface area contributed by atoms with Crippen LogP contribution in [0.2, 0.25) is 0 Å². The molecular weight excluding hydrogens is 186 g/mol. The summed E-state index contributed by atoms with van der Waals surface area (Å²) < 4.78 is 0. The molecule has 0 spiro atoms. The van der Waals surface area contributed by atoms with Gasteiger partial charge in [0.1, 0.15) is 5.56 Å². The van der Waals surface area contributed by atoms with E-state index in [2.05, 4.69) is 15.5 Å². The molecule has 0 fully saturated rings. The highest BCUT2D eigenvalue weighted by molar-refractivity contribution is 5.92. The van der Waals surface area contributed by atoms with E-state index in [9.17, 15) is 4.79 Å². The van der Waals surface area contributed by atoms with Gasteiger partial charge in [0.2, 0.25) is 0 Å². The fourth-order valence-corrected chi connectivity index (χ4v) is 0.921. The van der Waals surface area contributed by atoms with Crippen molar-refractivity contribution in [3.05, 3.63) is 17.8 Å².